The number of allylic oxidation sites excluding steroid dienone is 2. The summed E-state index contributed by atoms with van der Waals surface area (Å²) in [5.41, 5.74) is 0.832. The number of carbonyl (C=O) groups is 1. The molecular formula is C9H16N2O. The molecule has 0 aromatic carbocycles. The predicted molar refractivity (Wildman–Crippen MR) is 50.4 cm³/mol. The van der Waals surface area contributed by atoms with E-state index in [2.05, 4.69) is 10.6 Å². The Bertz CT molecular complexity index is 195. The average molecular weight is 168 g/mol. The van der Waals surface area contributed by atoms with Crippen LogP contribution in [0.3, 0.4) is 0 Å². The summed E-state index contributed by atoms with van der Waals surface area (Å²) in [7, 11) is 0. The van der Waals surface area contributed by atoms with Crippen LogP contribution in [-0.4, -0.2) is 12.5 Å². The highest BCUT2D eigenvalue weighted by Gasteiger charge is 1.92. The van der Waals surface area contributed by atoms with Crippen LogP contribution in [0.25, 0.3) is 0 Å². The molecule has 0 aliphatic carbocycles. The van der Waals surface area contributed by atoms with Gasteiger partial charge in [0.2, 0.25) is 5.91 Å². The van der Waals surface area contributed by atoms with Crippen LogP contribution in [0.2, 0.25) is 0 Å². The molecule has 3 nitrogen and oxygen atoms in total. The van der Waals surface area contributed by atoms with E-state index >= 15 is 0 Å². The Morgan fingerprint density at radius 2 is 2.17 bits per heavy atom. The molecule has 0 radical (unpaired) electrons. The third-order valence-electron chi connectivity index (χ3n) is 1.18. The Hall–Kier alpha value is -1.25. The lowest BCUT2D eigenvalue weighted by Gasteiger charge is -2.00. The molecule has 0 aromatic rings. The summed E-state index contributed by atoms with van der Waals surface area (Å²) in [5.74, 6) is -0.0630. The fourth-order valence-corrected chi connectivity index (χ4v) is 0.678. The van der Waals surface area contributed by atoms with Gasteiger partial charge in [-0.15, -0.1) is 0 Å². The van der Waals surface area contributed by atoms with Gasteiger partial charge in [0, 0.05) is 18.3 Å². The van der Waals surface area contributed by atoms with Crippen LogP contribution in [0, 0.1) is 0 Å². The second kappa shape index (κ2) is 6.46. The van der Waals surface area contributed by atoms with Crippen LogP contribution >= 0.6 is 0 Å². The van der Waals surface area contributed by atoms with Crippen molar-refractivity contribution in [3.8, 4) is 0 Å². The normalized spacial score (nSPS) is 11.8. The van der Waals surface area contributed by atoms with Crippen molar-refractivity contribution in [2.24, 2.45) is 0 Å². The SMILES string of the molecule is C/C=C/N/C(C)=C/C(=O)NCC. The monoisotopic (exact) mass is 168 g/mol. The molecule has 0 spiro atoms. The number of hydrogen-bond donors (Lipinski definition) is 2. The molecule has 0 saturated heterocycles. The van der Waals surface area contributed by atoms with E-state index < -0.39 is 0 Å². The number of amides is 1. The van der Waals surface area contributed by atoms with E-state index in [1.165, 1.54) is 6.08 Å². The highest BCUT2D eigenvalue weighted by molar-refractivity contribution is 5.87. The first-order chi connectivity index (χ1) is 5.70. The number of nitrogens with one attached hydrogen (secondary N) is 2. The lowest BCUT2D eigenvalue weighted by atomic mass is 10.4. The molecule has 2 N–H and O–H groups in total. The summed E-state index contributed by atoms with van der Waals surface area (Å²) in [6.45, 7) is 6.30. The minimum absolute atomic E-state index is 0.0630. The molecule has 68 valence electrons. The average Bonchev–Trinajstić information content (AvgIpc) is 2.01. The highest BCUT2D eigenvalue weighted by atomic mass is 16.1. The third kappa shape index (κ3) is 5.53. The molecule has 0 fully saturated rings. The Kier molecular flexibility index (Phi) is 5.79. The van der Waals surface area contributed by atoms with Crippen LogP contribution in [0.15, 0.2) is 24.0 Å². The van der Waals surface area contributed by atoms with Crippen LogP contribution in [0.5, 0.6) is 0 Å². The van der Waals surface area contributed by atoms with Gasteiger partial charge in [0.15, 0.2) is 0 Å². The van der Waals surface area contributed by atoms with Gasteiger partial charge in [0.05, 0.1) is 0 Å². The zero-order valence-electron chi connectivity index (χ0n) is 7.85. The largest absolute Gasteiger partial charge is 0.365 e. The zero-order valence-corrected chi connectivity index (χ0v) is 7.85. The van der Waals surface area contributed by atoms with E-state index in [4.69, 9.17) is 0 Å². The van der Waals surface area contributed by atoms with Gasteiger partial charge in [-0.25, -0.2) is 0 Å². The number of carbonyl (C=O) groups excluding carboxylic acids is 1. The van der Waals surface area contributed by atoms with E-state index in [1.54, 1.807) is 6.20 Å². The molecule has 0 bridgehead atoms. The molecule has 0 aliphatic heterocycles. The molecule has 0 saturated carbocycles. The minimum Gasteiger partial charge on any atom is -0.365 e. The lowest BCUT2D eigenvalue weighted by molar-refractivity contribution is -0.116. The Morgan fingerprint density at radius 3 is 2.67 bits per heavy atom. The van der Waals surface area contributed by atoms with Crippen molar-refractivity contribution in [1.82, 2.24) is 10.6 Å². The van der Waals surface area contributed by atoms with Crippen molar-refractivity contribution in [3.63, 3.8) is 0 Å². The van der Waals surface area contributed by atoms with Gasteiger partial charge in [-0.05, 0) is 27.0 Å². The minimum atomic E-state index is -0.0630. The van der Waals surface area contributed by atoms with Crippen molar-refractivity contribution in [1.29, 1.82) is 0 Å². The Balaban J connectivity index is 3.88. The number of rotatable bonds is 4. The van der Waals surface area contributed by atoms with Crippen molar-refractivity contribution >= 4 is 5.91 Å². The highest BCUT2D eigenvalue weighted by Crippen LogP contribution is 1.85. The second-order valence-corrected chi connectivity index (χ2v) is 2.37. The van der Waals surface area contributed by atoms with E-state index in [9.17, 15) is 4.79 Å². The maximum Gasteiger partial charge on any atom is 0.245 e. The lowest BCUT2D eigenvalue weighted by Crippen LogP contribution is -2.21. The number of likely N-dealkylation sites (N-methyl/N-ethyl adjacent to an activating group) is 1. The Labute approximate surface area is 73.5 Å². The smallest absolute Gasteiger partial charge is 0.245 e. The van der Waals surface area contributed by atoms with Crippen molar-refractivity contribution < 1.29 is 4.79 Å². The van der Waals surface area contributed by atoms with Gasteiger partial charge in [-0.1, -0.05) is 6.08 Å². The van der Waals surface area contributed by atoms with E-state index in [0.29, 0.717) is 6.54 Å². The van der Waals surface area contributed by atoms with E-state index in [-0.39, 0.29) is 5.91 Å². The van der Waals surface area contributed by atoms with Gasteiger partial charge in [-0.3, -0.25) is 4.79 Å². The quantitative estimate of drug-likeness (QED) is 0.618. The van der Waals surface area contributed by atoms with E-state index in [0.717, 1.165) is 5.70 Å². The molecule has 0 atom stereocenters. The fourth-order valence-electron chi connectivity index (χ4n) is 0.678. The molecule has 3 heteroatoms. The molecule has 0 rings (SSSR count). The number of hydrogen-bond acceptors (Lipinski definition) is 2. The summed E-state index contributed by atoms with van der Waals surface area (Å²) < 4.78 is 0. The summed E-state index contributed by atoms with van der Waals surface area (Å²) in [6.07, 6.45) is 5.18. The topological polar surface area (TPSA) is 41.1 Å². The molecule has 0 heterocycles. The van der Waals surface area contributed by atoms with Crippen LogP contribution < -0.4 is 10.6 Å². The summed E-state index contributed by atoms with van der Waals surface area (Å²) >= 11 is 0. The first kappa shape index (κ1) is 10.8. The summed E-state index contributed by atoms with van der Waals surface area (Å²) in [6, 6.07) is 0. The zero-order chi connectivity index (χ0) is 9.40. The molecular weight excluding hydrogens is 152 g/mol. The van der Waals surface area contributed by atoms with Gasteiger partial charge < -0.3 is 10.6 Å². The van der Waals surface area contributed by atoms with Crippen molar-refractivity contribution in [3.05, 3.63) is 24.0 Å². The maximum absolute atomic E-state index is 11.0. The predicted octanol–water partition coefficient (Wildman–Crippen LogP) is 1.15. The van der Waals surface area contributed by atoms with Crippen LogP contribution in [-0.2, 0) is 4.79 Å². The molecule has 0 unspecified atom stereocenters. The first-order valence-electron chi connectivity index (χ1n) is 4.04. The van der Waals surface area contributed by atoms with Crippen LogP contribution in [0.4, 0.5) is 0 Å². The second-order valence-electron chi connectivity index (χ2n) is 2.37. The molecule has 0 aromatic heterocycles. The van der Waals surface area contributed by atoms with Crippen molar-refractivity contribution in [2.75, 3.05) is 6.54 Å². The first-order valence-corrected chi connectivity index (χ1v) is 4.04. The third-order valence-corrected chi connectivity index (χ3v) is 1.18. The van der Waals surface area contributed by atoms with Gasteiger partial charge in [0.25, 0.3) is 0 Å². The molecule has 12 heavy (non-hydrogen) atoms. The molecule has 1 amide bonds. The maximum atomic E-state index is 11.0. The van der Waals surface area contributed by atoms with Gasteiger partial charge >= 0.3 is 0 Å². The standard InChI is InChI=1S/C9H16N2O/c1-4-6-11-8(3)7-9(12)10-5-2/h4,6-7,11H,5H2,1-3H3,(H,10,12)/b6-4+,8-7+. The van der Waals surface area contributed by atoms with Gasteiger partial charge in [-0.2, -0.15) is 0 Å². The summed E-state index contributed by atoms with van der Waals surface area (Å²) in [5, 5.41) is 5.61. The van der Waals surface area contributed by atoms with Crippen LogP contribution in [0.1, 0.15) is 20.8 Å². The fraction of sp³-hybridized carbons (Fsp3) is 0.444. The molecule has 0 aliphatic rings. The van der Waals surface area contributed by atoms with E-state index in [1.807, 2.05) is 26.8 Å². The Morgan fingerprint density at radius 1 is 1.50 bits per heavy atom. The van der Waals surface area contributed by atoms with Gasteiger partial charge in [0.1, 0.15) is 0 Å². The summed E-state index contributed by atoms with van der Waals surface area (Å²) in [4.78, 5) is 11.0. The van der Waals surface area contributed by atoms with Crippen molar-refractivity contribution in [2.45, 2.75) is 20.8 Å².